The Kier molecular flexibility index (Phi) is 2.56. The number of fused-ring (bicyclic) bond motifs is 1. The SMILES string of the molecule is CCc1nc(=O)c2cc(Br)ncc2n1C. The summed E-state index contributed by atoms with van der Waals surface area (Å²) in [5, 5.41) is 0.594. The minimum atomic E-state index is -0.192. The molecule has 0 amide bonds. The molecule has 0 fully saturated rings. The lowest BCUT2D eigenvalue weighted by Gasteiger charge is -2.08. The predicted octanol–water partition coefficient (Wildman–Crippen LogP) is 1.65. The van der Waals surface area contributed by atoms with Crippen LogP contribution in [0.2, 0.25) is 0 Å². The molecule has 15 heavy (non-hydrogen) atoms. The molecule has 0 aromatic carbocycles. The maximum Gasteiger partial charge on any atom is 0.280 e. The number of aromatic nitrogens is 3. The quantitative estimate of drug-likeness (QED) is 0.739. The van der Waals surface area contributed by atoms with Crippen LogP contribution in [0.25, 0.3) is 10.9 Å². The fraction of sp³-hybridized carbons (Fsp3) is 0.300. The van der Waals surface area contributed by atoms with Crippen LogP contribution in [0.3, 0.4) is 0 Å². The molecule has 0 bridgehead atoms. The van der Waals surface area contributed by atoms with Crippen molar-refractivity contribution in [2.45, 2.75) is 13.3 Å². The summed E-state index contributed by atoms with van der Waals surface area (Å²) in [6, 6.07) is 1.70. The van der Waals surface area contributed by atoms with Crippen molar-refractivity contribution in [2.24, 2.45) is 7.05 Å². The van der Waals surface area contributed by atoms with Crippen LogP contribution in [0, 0.1) is 0 Å². The van der Waals surface area contributed by atoms with Crippen molar-refractivity contribution < 1.29 is 0 Å². The van der Waals surface area contributed by atoms with Crippen LogP contribution in [0.5, 0.6) is 0 Å². The number of aryl methyl sites for hydroxylation is 2. The number of hydrogen-bond donors (Lipinski definition) is 0. The lowest BCUT2D eigenvalue weighted by molar-refractivity contribution is 0.786. The monoisotopic (exact) mass is 267 g/mol. The number of halogens is 1. The van der Waals surface area contributed by atoms with Crippen LogP contribution in [0.15, 0.2) is 21.7 Å². The lowest BCUT2D eigenvalue weighted by Crippen LogP contribution is -2.16. The Bertz CT molecular complexity index is 577. The summed E-state index contributed by atoms with van der Waals surface area (Å²) in [5.41, 5.74) is 0.623. The van der Waals surface area contributed by atoms with E-state index >= 15 is 0 Å². The van der Waals surface area contributed by atoms with Crippen molar-refractivity contribution in [3.63, 3.8) is 0 Å². The van der Waals surface area contributed by atoms with Crippen LogP contribution in [-0.4, -0.2) is 14.5 Å². The van der Waals surface area contributed by atoms with Gasteiger partial charge in [-0.1, -0.05) is 6.92 Å². The van der Waals surface area contributed by atoms with E-state index in [-0.39, 0.29) is 5.56 Å². The van der Waals surface area contributed by atoms with Crippen molar-refractivity contribution >= 4 is 26.8 Å². The first-order valence-corrected chi connectivity index (χ1v) is 5.44. The normalized spacial score (nSPS) is 10.9. The van der Waals surface area contributed by atoms with E-state index in [1.165, 1.54) is 0 Å². The second kappa shape index (κ2) is 3.73. The molecule has 0 radical (unpaired) electrons. The molecule has 0 N–H and O–H groups in total. The van der Waals surface area contributed by atoms with Gasteiger partial charge in [-0.2, -0.15) is 4.98 Å². The molecule has 0 aliphatic rings. The van der Waals surface area contributed by atoms with E-state index in [0.717, 1.165) is 17.8 Å². The second-order valence-electron chi connectivity index (χ2n) is 3.27. The molecule has 5 heteroatoms. The van der Waals surface area contributed by atoms with Gasteiger partial charge in [0.1, 0.15) is 10.4 Å². The summed E-state index contributed by atoms with van der Waals surface area (Å²) in [7, 11) is 1.89. The summed E-state index contributed by atoms with van der Waals surface area (Å²) in [6.07, 6.45) is 2.42. The largest absolute Gasteiger partial charge is 0.331 e. The third kappa shape index (κ3) is 1.67. The average molecular weight is 268 g/mol. The van der Waals surface area contributed by atoms with E-state index in [4.69, 9.17) is 0 Å². The number of pyridine rings is 1. The summed E-state index contributed by atoms with van der Waals surface area (Å²) in [4.78, 5) is 19.8. The van der Waals surface area contributed by atoms with E-state index in [9.17, 15) is 4.79 Å². The summed E-state index contributed by atoms with van der Waals surface area (Å²) in [6.45, 7) is 1.97. The van der Waals surface area contributed by atoms with Gasteiger partial charge in [0.05, 0.1) is 17.1 Å². The zero-order chi connectivity index (χ0) is 11.0. The zero-order valence-electron chi connectivity index (χ0n) is 8.49. The minimum Gasteiger partial charge on any atom is -0.331 e. The Morgan fingerprint density at radius 1 is 1.53 bits per heavy atom. The molecule has 2 rings (SSSR count). The molecule has 4 nitrogen and oxygen atoms in total. The molecule has 2 aromatic rings. The maximum atomic E-state index is 11.7. The fourth-order valence-corrected chi connectivity index (χ4v) is 1.90. The first-order valence-electron chi connectivity index (χ1n) is 4.64. The molecule has 0 unspecified atom stereocenters. The van der Waals surface area contributed by atoms with Gasteiger partial charge in [-0.15, -0.1) is 0 Å². The van der Waals surface area contributed by atoms with Crippen molar-refractivity contribution in [2.75, 3.05) is 0 Å². The Hall–Kier alpha value is -1.23. The number of nitrogens with zero attached hydrogens (tertiary/aromatic N) is 3. The highest BCUT2D eigenvalue weighted by atomic mass is 79.9. The second-order valence-corrected chi connectivity index (χ2v) is 4.08. The summed E-state index contributed by atoms with van der Waals surface area (Å²) >= 11 is 3.24. The third-order valence-electron chi connectivity index (χ3n) is 2.38. The lowest BCUT2D eigenvalue weighted by atomic mass is 10.3. The smallest absolute Gasteiger partial charge is 0.280 e. The molecule has 0 spiro atoms. The van der Waals surface area contributed by atoms with E-state index < -0.39 is 0 Å². The number of hydrogen-bond acceptors (Lipinski definition) is 3. The minimum absolute atomic E-state index is 0.192. The van der Waals surface area contributed by atoms with Gasteiger partial charge in [-0.25, -0.2) is 4.98 Å². The molecule has 0 saturated carbocycles. The molecule has 0 aliphatic carbocycles. The van der Waals surface area contributed by atoms with E-state index in [1.54, 1.807) is 12.3 Å². The van der Waals surface area contributed by atoms with E-state index in [1.807, 2.05) is 18.5 Å². The first-order chi connectivity index (χ1) is 7.13. The summed E-state index contributed by atoms with van der Waals surface area (Å²) < 4.78 is 2.55. The number of rotatable bonds is 1. The third-order valence-corrected chi connectivity index (χ3v) is 2.81. The first kappa shape index (κ1) is 10.3. The molecule has 0 aliphatic heterocycles. The van der Waals surface area contributed by atoms with Crippen LogP contribution >= 0.6 is 15.9 Å². The predicted molar refractivity (Wildman–Crippen MR) is 61.9 cm³/mol. The molecular formula is C10H10BrN3O. The maximum absolute atomic E-state index is 11.7. The van der Waals surface area contributed by atoms with Gasteiger partial charge in [0.25, 0.3) is 5.56 Å². The van der Waals surface area contributed by atoms with Gasteiger partial charge in [0.15, 0.2) is 0 Å². The molecule has 2 heterocycles. The molecule has 2 aromatic heterocycles. The van der Waals surface area contributed by atoms with Gasteiger partial charge in [-0.3, -0.25) is 4.79 Å². The average Bonchev–Trinajstić information content (AvgIpc) is 2.23. The molecule has 0 saturated heterocycles. The standard InChI is InChI=1S/C10H10BrN3O/c1-3-9-13-10(15)6-4-8(11)12-5-7(6)14(9)2/h4-5H,3H2,1-2H3. The highest BCUT2D eigenvalue weighted by Crippen LogP contribution is 2.13. The zero-order valence-corrected chi connectivity index (χ0v) is 10.1. The fourth-order valence-electron chi connectivity index (χ4n) is 1.57. The van der Waals surface area contributed by atoms with Crippen LogP contribution in [0.1, 0.15) is 12.7 Å². The Labute approximate surface area is 95.1 Å². The van der Waals surface area contributed by atoms with Crippen LogP contribution in [-0.2, 0) is 13.5 Å². The van der Waals surface area contributed by atoms with Crippen molar-refractivity contribution in [1.82, 2.24) is 14.5 Å². The van der Waals surface area contributed by atoms with Crippen molar-refractivity contribution in [1.29, 1.82) is 0 Å². The van der Waals surface area contributed by atoms with Crippen LogP contribution in [0.4, 0.5) is 0 Å². The van der Waals surface area contributed by atoms with Gasteiger partial charge in [0.2, 0.25) is 0 Å². The molecule has 78 valence electrons. The van der Waals surface area contributed by atoms with E-state index in [0.29, 0.717) is 9.99 Å². The Balaban J connectivity index is 2.93. The van der Waals surface area contributed by atoms with Crippen LogP contribution < -0.4 is 5.56 Å². The van der Waals surface area contributed by atoms with Gasteiger partial charge in [-0.05, 0) is 22.0 Å². The van der Waals surface area contributed by atoms with Gasteiger partial charge in [0, 0.05) is 13.5 Å². The Morgan fingerprint density at radius 3 is 2.93 bits per heavy atom. The molecular weight excluding hydrogens is 258 g/mol. The van der Waals surface area contributed by atoms with Crippen molar-refractivity contribution in [3.05, 3.63) is 33.0 Å². The Morgan fingerprint density at radius 2 is 2.27 bits per heavy atom. The highest BCUT2D eigenvalue weighted by molar-refractivity contribution is 9.10. The topological polar surface area (TPSA) is 47.8 Å². The molecule has 0 atom stereocenters. The van der Waals surface area contributed by atoms with Gasteiger partial charge >= 0.3 is 0 Å². The summed E-state index contributed by atoms with van der Waals surface area (Å²) in [5.74, 6) is 0.775. The van der Waals surface area contributed by atoms with E-state index in [2.05, 4.69) is 25.9 Å². The van der Waals surface area contributed by atoms with Crippen molar-refractivity contribution in [3.8, 4) is 0 Å². The highest BCUT2D eigenvalue weighted by Gasteiger charge is 2.07. The van der Waals surface area contributed by atoms with Gasteiger partial charge < -0.3 is 4.57 Å².